The van der Waals surface area contributed by atoms with E-state index in [9.17, 15) is 9.59 Å². The van der Waals surface area contributed by atoms with Crippen LogP contribution < -0.4 is 5.32 Å². The van der Waals surface area contributed by atoms with Gasteiger partial charge >= 0.3 is 0 Å². The number of rotatable bonds is 10. The second-order valence-electron chi connectivity index (χ2n) is 7.48. The van der Waals surface area contributed by atoms with E-state index in [0.717, 1.165) is 11.1 Å². The summed E-state index contributed by atoms with van der Waals surface area (Å²) >= 11 is 19.6. The van der Waals surface area contributed by atoms with Crippen LogP contribution in [0.15, 0.2) is 42.5 Å². The highest BCUT2D eigenvalue weighted by Crippen LogP contribution is 2.25. The van der Waals surface area contributed by atoms with E-state index in [1.165, 1.54) is 11.8 Å². The lowest BCUT2D eigenvalue weighted by molar-refractivity contribution is -0.139. The maximum Gasteiger partial charge on any atom is 0.243 e. The highest BCUT2D eigenvalue weighted by Gasteiger charge is 2.29. The molecule has 2 rings (SSSR count). The van der Waals surface area contributed by atoms with Gasteiger partial charge in [0.05, 0.1) is 15.8 Å². The molecule has 0 spiro atoms. The molecule has 2 amide bonds. The highest BCUT2D eigenvalue weighted by atomic mass is 35.5. The van der Waals surface area contributed by atoms with Crippen molar-refractivity contribution in [1.29, 1.82) is 0 Å². The van der Waals surface area contributed by atoms with Crippen LogP contribution in [0, 0.1) is 0 Å². The van der Waals surface area contributed by atoms with Gasteiger partial charge < -0.3 is 10.2 Å². The van der Waals surface area contributed by atoms with Crippen molar-refractivity contribution < 1.29 is 9.59 Å². The Morgan fingerprint density at radius 1 is 1.00 bits per heavy atom. The zero-order valence-electron chi connectivity index (χ0n) is 17.8. The minimum absolute atomic E-state index is 0.0113. The molecule has 8 heteroatoms. The maximum absolute atomic E-state index is 13.2. The van der Waals surface area contributed by atoms with Crippen molar-refractivity contribution in [3.8, 4) is 0 Å². The summed E-state index contributed by atoms with van der Waals surface area (Å²) in [5, 5.41) is 4.47. The van der Waals surface area contributed by atoms with Crippen LogP contribution in [0.4, 0.5) is 0 Å². The molecule has 2 aromatic carbocycles. The Labute approximate surface area is 203 Å². The molecule has 0 bridgehead atoms. The van der Waals surface area contributed by atoms with Gasteiger partial charge in [-0.2, -0.15) is 0 Å². The van der Waals surface area contributed by atoms with Crippen LogP contribution in [0.1, 0.15) is 38.3 Å². The molecule has 0 aliphatic heterocycles. The van der Waals surface area contributed by atoms with Crippen LogP contribution in [0.2, 0.25) is 15.1 Å². The minimum atomic E-state index is -0.569. The van der Waals surface area contributed by atoms with Crippen molar-refractivity contribution in [2.75, 3.05) is 5.75 Å². The predicted molar refractivity (Wildman–Crippen MR) is 132 cm³/mol. The van der Waals surface area contributed by atoms with Gasteiger partial charge in [-0.15, -0.1) is 11.8 Å². The summed E-state index contributed by atoms with van der Waals surface area (Å²) in [5.41, 5.74) is 1.91. The van der Waals surface area contributed by atoms with Crippen molar-refractivity contribution in [3.63, 3.8) is 0 Å². The van der Waals surface area contributed by atoms with Crippen LogP contribution in [0.5, 0.6) is 0 Å². The summed E-state index contributed by atoms with van der Waals surface area (Å²) in [6.07, 6.45) is 0.507. The third kappa shape index (κ3) is 8.23. The molecule has 0 fully saturated rings. The molecule has 0 aliphatic rings. The van der Waals surface area contributed by atoms with Crippen LogP contribution in [-0.4, -0.2) is 34.6 Å². The summed E-state index contributed by atoms with van der Waals surface area (Å²) in [7, 11) is 0. The Morgan fingerprint density at radius 2 is 1.65 bits per heavy atom. The van der Waals surface area contributed by atoms with Crippen molar-refractivity contribution in [3.05, 3.63) is 68.7 Å². The first kappa shape index (κ1) is 25.9. The van der Waals surface area contributed by atoms with Crippen molar-refractivity contribution in [2.45, 2.75) is 51.6 Å². The van der Waals surface area contributed by atoms with E-state index < -0.39 is 6.04 Å². The number of halogens is 3. The minimum Gasteiger partial charge on any atom is -0.352 e. The first-order valence-corrected chi connectivity index (χ1v) is 12.4. The Kier molecular flexibility index (Phi) is 10.5. The van der Waals surface area contributed by atoms with Crippen LogP contribution in [0.25, 0.3) is 0 Å². The first-order chi connectivity index (χ1) is 14.7. The number of thioether (sulfide) groups is 1. The molecule has 1 atom stereocenters. The van der Waals surface area contributed by atoms with Crippen LogP contribution in [-0.2, 0) is 21.9 Å². The molecule has 4 nitrogen and oxygen atoms in total. The number of benzene rings is 2. The molecule has 168 valence electrons. The fourth-order valence-corrected chi connectivity index (χ4v) is 4.37. The average molecular weight is 502 g/mol. The first-order valence-electron chi connectivity index (χ1n) is 10.1. The molecule has 0 aromatic heterocycles. The Hall–Kier alpha value is -1.40. The van der Waals surface area contributed by atoms with Gasteiger partial charge in [-0.05, 0) is 55.7 Å². The smallest absolute Gasteiger partial charge is 0.243 e. The molecule has 31 heavy (non-hydrogen) atoms. The quantitative estimate of drug-likeness (QED) is 0.421. The van der Waals surface area contributed by atoms with Gasteiger partial charge in [0.15, 0.2) is 0 Å². The number of hydrogen-bond donors (Lipinski definition) is 1. The Morgan fingerprint density at radius 3 is 2.23 bits per heavy atom. The molecule has 0 radical (unpaired) electrons. The largest absolute Gasteiger partial charge is 0.352 e. The zero-order valence-corrected chi connectivity index (χ0v) is 20.9. The van der Waals surface area contributed by atoms with Gasteiger partial charge in [-0.25, -0.2) is 0 Å². The van der Waals surface area contributed by atoms with Crippen LogP contribution >= 0.6 is 46.6 Å². The molecular formula is C23H27Cl3N2O2S. The van der Waals surface area contributed by atoms with E-state index in [1.54, 1.807) is 17.0 Å². The maximum atomic E-state index is 13.2. The number of nitrogens with zero attached hydrogens (tertiary/aromatic N) is 1. The van der Waals surface area contributed by atoms with Crippen molar-refractivity contribution >= 4 is 58.4 Å². The van der Waals surface area contributed by atoms with Gasteiger partial charge in [0.25, 0.3) is 0 Å². The fourth-order valence-electron chi connectivity index (χ4n) is 3.05. The third-order valence-electron chi connectivity index (χ3n) is 4.56. The molecule has 2 aromatic rings. The number of carbonyl (C=O) groups excluding carboxylic acids is 2. The van der Waals surface area contributed by atoms with Gasteiger partial charge in [-0.1, -0.05) is 59.9 Å². The second kappa shape index (κ2) is 12.6. The van der Waals surface area contributed by atoms with Crippen molar-refractivity contribution in [2.24, 2.45) is 0 Å². The lowest BCUT2D eigenvalue weighted by Gasteiger charge is -2.31. The van der Waals surface area contributed by atoms with Gasteiger partial charge in [0.2, 0.25) is 11.8 Å². The Bertz CT molecular complexity index is 891. The number of hydrogen-bond acceptors (Lipinski definition) is 3. The fraction of sp³-hybridized carbons (Fsp3) is 0.391. The predicted octanol–water partition coefficient (Wildman–Crippen LogP) is 6.21. The molecule has 0 unspecified atom stereocenters. The number of nitrogens with one attached hydrogen (secondary N) is 1. The van der Waals surface area contributed by atoms with E-state index in [-0.39, 0.29) is 30.2 Å². The zero-order chi connectivity index (χ0) is 23.0. The number of amides is 2. The summed E-state index contributed by atoms with van der Waals surface area (Å²) in [6, 6.07) is 12.2. The van der Waals surface area contributed by atoms with Gasteiger partial charge in [0, 0.05) is 23.4 Å². The van der Waals surface area contributed by atoms with E-state index in [1.807, 2.05) is 51.1 Å². The summed E-state index contributed by atoms with van der Waals surface area (Å²) in [5.74, 6) is 0.679. The molecule has 0 saturated carbocycles. The summed E-state index contributed by atoms with van der Waals surface area (Å²) < 4.78 is 0. The van der Waals surface area contributed by atoms with E-state index >= 15 is 0 Å². The third-order valence-corrected chi connectivity index (χ3v) is 6.54. The van der Waals surface area contributed by atoms with Gasteiger partial charge in [0.1, 0.15) is 6.04 Å². The molecular weight excluding hydrogens is 475 g/mol. The summed E-state index contributed by atoms with van der Waals surface area (Å²) in [6.45, 7) is 5.98. The standard InChI is InChI=1S/C23H27Cl3N2O2S/c1-4-21(23(30)27-15(2)3)28(12-17-7-10-19(25)20(26)11-17)22(29)14-31-13-16-5-8-18(24)9-6-16/h5-11,15,21H,4,12-14H2,1-3H3,(H,27,30)/t21-/m0/s1. The Balaban J connectivity index is 2.15. The SMILES string of the molecule is CC[C@@H](C(=O)NC(C)C)N(Cc1ccc(Cl)c(Cl)c1)C(=O)CSCc1ccc(Cl)cc1. The van der Waals surface area contributed by atoms with E-state index in [0.29, 0.717) is 27.2 Å². The average Bonchev–Trinajstić information content (AvgIpc) is 2.71. The normalized spacial score (nSPS) is 12.0. The second-order valence-corrected chi connectivity index (χ2v) is 9.71. The van der Waals surface area contributed by atoms with E-state index in [2.05, 4.69) is 5.32 Å². The monoisotopic (exact) mass is 500 g/mol. The molecule has 1 N–H and O–H groups in total. The lowest BCUT2D eigenvalue weighted by Crippen LogP contribution is -2.50. The molecule has 0 saturated heterocycles. The van der Waals surface area contributed by atoms with E-state index in [4.69, 9.17) is 34.8 Å². The summed E-state index contributed by atoms with van der Waals surface area (Å²) in [4.78, 5) is 27.6. The topological polar surface area (TPSA) is 49.4 Å². The lowest BCUT2D eigenvalue weighted by atomic mass is 10.1. The van der Waals surface area contributed by atoms with Gasteiger partial charge in [-0.3, -0.25) is 9.59 Å². The number of carbonyl (C=O) groups is 2. The molecule has 0 aliphatic carbocycles. The van der Waals surface area contributed by atoms with Crippen LogP contribution in [0.3, 0.4) is 0 Å². The van der Waals surface area contributed by atoms with Crippen molar-refractivity contribution in [1.82, 2.24) is 10.2 Å². The highest BCUT2D eigenvalue weighted by molar-refractivity contribution is 7.99. The molecule has 0 heterocycles.